The number of anilines is 1. The first-order valence-corrected chi connectivity index (χ1v) is 12.8. The summed E-state index contributed by atoms with van der Waals surface area (Å²) in [5, 5.41) is 8.56. The standard InChI is InChI=1S/C29H34N6O4/c1-20-24-14-15-26(36)35(23-12-10-22(11-13-23)28(37)30-17-7-19-39-34(2)3)27(24)33-29(32-20)31-18-16-21-8-5-6-9-25(21)38-4/h5-6,8-15H,7,16-19H2,1-4H3,(H,30,37)(H,31,32,33). The van der Waals surface area contributed by atoms with E-state index in [9.17, 15) is 9.59 Å². The summed E-state index contributed by atoms with van der Waals surface area (Å²) in [6.45, 7) is 3.50. The number of pyridine rings is 1. The number of amides is 1. The molecule has 0 aliphatic heterocycles. The molecule has 4 rings (SSSR count). The monoisotopic (exact) mass is 530 g/mol. The summed E-state index contributed by atoms with van der Waals surface area (Å²) < 4.78 is 6.97. The molecule has 10 heteroatoms. The maximum Gasteiger partial charge on any atom is 0.256 e. The Morgan fingerprint density at radius 1 is 1.00 bits per heavy atom. The van der Waals surface area contributed by atoms with Crippen LogP contribution in [0.2, 0.25) is 0 Å². The predicted octanol–water partition coefficient (Wildman–Crippen LogP) is 3.37. The fraction of sp³-hybridized carbons (Fsp3) is 0.310. The van der Waals surface area contributed by atoms with Gasteiger partial charge in [0.05, 0.1) is 25.1 Å². The van der Waals surface area contributed by atoms with Gasteiger partial charge >= 0.3 is 0 Å². The number of carbonyl (C=O) groups excluding carboxylic acids is 1. The minimum absolute atomic E-state index is 0.184. The number of rotatable bonds is 12. The fourth-order valence-corrected chi connectivity index (χ4v) is 4.20. The van der Waals surface area contributed by atoms with Crippen molar-refractivity contribution in [2.75, 3.05) is 46.2 Å². The molecule has 0 atom stereocenters. The van der Waals surface area contributed by atoms with Crippen LogP contribution in [0.15, 0.2) is 65.5 Å². The quantitative estimate of drug-likeness (QED) is 0.212. The topological polar surface area (TPSA) is 111 Å². The minimum atomic E-state index is -0.223. The number of para-hydroxylation sites is 1. The van der Waals surface area contributed by atoms with Crippen molar-refractivity contribution in [2.24, 2.45) is 0 Å². The van der Waals surface area contributed by atoms with E-state index < -0.39 is 0 Å². The van der Waals surface area contributed by atoms with Crippen molar-refractivity contribution in [1.82, 2.24) is 24.9 Å². The number of aromatic nitrogens is 3. The number of fused-ring (bicyclic) bond motifs is 1. The molecule has 2 aromatic heterocycles. The van der Waals surface area contributed by atoms with E-state index in [1.807, 2.05) is 45.3 Å². The average molecular weight is 531 g/mol. The number of benzene rings is 2. The second kappa shape index (κ2) is 13.0. The third-order valence-corrected chi connectivity index (χ3v) is 6.15. The van der Waals surface area contributed by atoms with E-state index in [2.05, 4.69) is 20.6 Å². The predicted molar refractivity (Wildman–Crippen MR) is 152 cm³/mol. The number of nitrogens with zero attached hydrogens (tertiary/aromatic N) is 4. The molecule has 0 bridgehead atoms. The third-order valence-electron chi connectivity index (χ3n) is 6.15. The van der Waals surface area contributed by atoms with Crippen LogP contribution in [-0.2, 0) is 11.3 Å². The summed E-state index contributed by atoms with van der Waals surface area (Å²) in [6, 6.07) is 18.0. The molecule has 204 valence electrons. The summed E-state index contributed by atoms with van der Waals surface area (Å²) in [5.74, 6) is 1.08. The largest absolute Gasteiger partial charge is 0.496 e. The summed E-state index contributed by atoms with van der Waals surface area (Å²) in [4.78, 5) is 40.1. The number of ether oxygens (including phenoxy) is 1. The Hall–Kier alpha value is -4.28. The van der Waals surface area contributed by atoms with E-state index >= 15 is 0 Å². The Labute approximate surface area is 227 Å². The minimum Gasteiger partial charge on any atom is -0.496 e. The molecule has 4 aromatic rings. The number of carbonyl (C=O) groups is 1. The molecule has 2 N–H and O–H groups in total. The van der Waals surface area contributed by atoms with E-state index in [-0.39, 0.29) is 11.5 Å². The Balaban J connectivity index is 1.51. The third kappa shape index (κ3) is 6.98. The smallest absolute Gasteiger partial charge is 0.256 e. The van der Waals surface area contributed by atoms with Crippen molar-refractivity contribution < 1.29 is 14.4 Å². The first-order valence-electron chi connectivity index (χ1n) is 12.8. The summed E-state index contributed by atoms with van der Waals surface area (Å²) >= 11 is 0. The van der Waals surface area contributed by atoms with E-state index in [0.717, 1.165) is 28.8 Å². The molecule has 0 spiro atoms. The van der Waals surface area contributed by atoms with Gasteiger partial charge in [0.15, 0.2) is 5.65 Å². The molecule has 0 aliphatic rings. The van der Waals surface area contributed by atoms with Crippen molar-refractivity contribution in [3.05, 3.63) is 87.8 Å². The molecule has 10 nitrogen and oxygen atoms in total. The Morgan fingerprint density at radius 2 is 1.77 bits per heavy atom. The Kier molecular flexibility index (Phi) is 9.24. The van der Waals surface area contributed by atoms with Crippen molar-refractivity contribution in [3.63, 3.8) is 0 Å². The van der Waals surface area contributed by atoms with Crippen molar-refractivity contribution in [2.45, 2.75) is 19.8 Å². The van der Waals surface area contributed by atoms with E-state index in [0.29, 0.717) is 49.0 Å². The second-order valence-corrected chi connectivity index (χ2v) is 9.17. The molecular weight excluding hydrogens is 496 g/mol. The van der Waals surface area contributed by atoms with Gasteiger partial charge in [-0.05, 0) is 61.7 Å². The lowest BCUT2D eigenvalue weighted by molar-refractivity contribution is -0.119. The van der Waals surface area contributed by atoms with Crippen molar-refractivity contribution in [3.8, 4) is 11.4 Å². The summed E-state index contributed by atoms with van der Waals surface area (Å²) in [6.07, 6.45) is 1.42. The molecule has 1 amide bonds. The van der Waals surface area contributed by atoms with Crippen LogP contribution < -0.4 is 20.9 Å². The van der Waals surface area contributed by atoms with Gasteiger partial charge in [0.2, 0.25) is 5.95 Å². The molecule has 0 unspecified atom stereocenters. The highest BCUT2D eigenvalue weighted by Crippen LogP contribution is 2.21. The number of hydroxylamine groups is 2. The fourth-order valence-electron chi connectivity index (χ4n) is 4.20. The summed E-state index contributed by atoms with van der Waals surface area (Å²) in [7, 11) is 5.29. The van der Waals surface area contributed by atoms with Crippen molar-refractivity contribution in [1.29, 1.82) is 0 Å². The highest BCUT2D eigenvalue weighted by atomic mass is 16.7. The molecule has 2 aromatic carbocycles. The lowest BCUT2D eigenvalue weighted by Gasteiger charge is -2.14. The second-order valence-electron chi connectivity index (χ2n) is 9.17. The maximum absolute atomic E-state index is 13.0. The number of hydrogen-bond acceptors (Lipinski definition) is 8. The number of hydrogen-bond donors (Lipinski definition) is 2. The van der Waals surface area contributed by atoms with E-state index in [4.69, 9.17) is 9.57 Å². The lowest BCUT2D eigenvalue weighted by Crippen LogP contribution is -2.26. The van der Waals surface area contributed by atoms with Gasteiger partial charge in [0.25, 0.3) is 11.5 Å². The van der Waals surface area contributed by atoms with Gasteiger partial charge in [-0.25, -0.2) is 4.98 Å². The van der Waals surface area contributed by atoms with Gasteiger partial charge in [0, 0.05) is 44.2 Å². The van der Waals surface area contributed by atoms with Gasteiger partial charge in [-0.3, -0.25) is 19.0 Å². The van der Waals surface area contributed by atoms with Crippen LogP contribution >= 0.6 is 0 Å². The van der Waals surface area contributed by atoms with Gasteiger partial charge in [-0.15, -0.1) is 0 Å². The molecule has 0 aliphatic carbocycles. The maximum atomic E-state index is 13.0. The van der Waals surface area contributed by atoms with Gasteiger partial charge < -0.3 is 15.4 Å². The highest BCUT2D eigenvalue weighted by molar-refractivity contribution is 5.94. The molecule has 2 heterocycles. The zero-order valence-corrected chi connectivity index (χ0v) is 22.7. The number of nitrogens with one attached hydrogen (secondary N) is 2. The first kappa shape index (κ1) is 27.7. The average Bonchev–Trinajstić information content (AvgIpc) is 2.93. The zero-order valence-electron chi connectivity index (χ0n) is 22.7. The Morgan fingerprint density at radius 3 is 2.51 bits per heavy atom. The van der Waals surface area contributed by atoms with Gasteiger partial charge in [0.1, 0.15) is 5.75 Å². The molecule has 0 radical (unpaired) electrons. The zero-order chi connectivity index (χ0) is 27.8. The SMILES string of the molecule is COc1ccccc1CCNc1nc(C)c2ccc(=O)n(-c3ccc(C(=O)NCCCON(C)C)cc3)c2n1. The van der Waals surface area contributed by atoms with Crippen LogP contribution in [0.3, 0.4) is 0 Å². The Bertz CT molecular complexity index is 1480. The van der Waals surface area contributed by atoms with E-state index in [1.54, 1.807) is 42.5 Å². The molecular formula is C29H34N6O4. The van der Waals surface area contributed by atoms with Gasteiger partial charge in [-0.2, -0.15) is 10.0 Å². The van der Waals surface area contributed by atoms with Crippen LogP contribution in [0, 0.1) is 6.92 Å². The molecule has 0 saturated carbocycles. The van der Waals surface area contributed by atoms with Crippen LogP contribution in [0.25, 0.3) is 16.7 Å². The van der Waals surface area contributed by atoms with Crippen LogP contribution in [-0.4, -0.2) is 66.4 Å². The van der Waals surface area contributed by atoms with E-state index in [1.165, 1.54) is 10.6 Å². The highest BCUT2D eigenvalue weighted by Gasteiger charge is 2.13. The number of aryl methyl sites for hydroxylation is 1. The summed E-state index contributed by atoms with van der Waals surface area (Å²) in [5.41, 5.74) is 3.21. The lowest BCUT2D eigenvalue weighted by atomic mass is 10.1. The van der Waals surface area contributed by atoms with Crippen LogP contribution in [0.4, 0.5) is 5.95 Å². The molecule has 0 fully saturated rings. The van der Waals surface area contributed by atoms with Crippen LogP contribution in [0.1, 0.15) is 28.0 Å². The normalized spacial score (nSPS) is 11.1. The molecule has 0 saturated heterocycles. The first-order chi connectivity index (χ1) is 18.9. The van der Waals surface area contributed by atoms with Crippen LogP contribution in [0.5, 0.6) is 5.75 Å². The molecule has 39 heavy (non-hydrogen) atoms. The van der Waals surface area contributed by atoms with Crippen molar-refractivity contribution >= 4 is 22.9 Å². The van der Waals surface area contributed by atoms with Gasteiger partial charge in [-0.1, -0.05) is 18.2 Å². The number of methoxy groups -OCH3 is 1.